The standard InChI is InChI=1S/C114H120F5N7O/c1-105(2,3)61-31-41-81-71(51-61)72-52-62(106(4,5)6)32-42-82(72)122(81)98-92(104-121-120-103(127-104)91-93(115)95(117)97(119)96(118)94(91)116)99(123-83-43-33-63(107(7,8)9)53-73(83)74-54-64(108(10,11)12)34-44-84(74)123)101(125-87-47-37-67(111(19,20)21)57-77(87)78-58-68(112(22,23)24)38-48-88(78)125)102(126-89-49-39-69(113(25,26)27)59-79(89)80-60-70(114(28,29)30)40-50-90(80)126)100(98)124-85-45-35-65(109(13,14)15)55-75(85)76-56-66(110(16,17)18)36-46-86(76)124/h31-60H,1-30H3. The molecule has 127 heavy (non-hydrogen) atoms. The van der Waals surface area contributed by atoms with Gasteiger partial charge in [0, 0.05) is 53.9 Å². The fourth-order valence-electron chi connectivity index (χ4n) is 19.2. The second kappa shape index (κ2) is 28.2. The number of halogens is 5. The van der Waals surface area contributed by atoms with Crippen LogP contribution in [0, 0.1) is 29.1 Å². The molecule has 6 heterocycles. The molecule has 0 radical (unpaired) electrons. The third kappa shape index (κ3) is 13.8. The quantitative estimate of drug-likeness (QED) is 0.0907. The smallest absolute Gasteiger partial charge is 0.254 e. The van der Waals surface area contributed by atoms with Crippen molar-refractivity contribution >= 4 is 109 Å². The van der Waals surface area contributed by atoms with Crippen molar-refractivity contribution in [3.05, 3.63) is 267 Å². The van der Waals surface area contributed by atoms with Crippen molar-refractivity contribution in [2.24, 2.45) is 0 Å². The molecule has 0 aliphatic carbocycles. The number of hydrogen-bond acceptors (Lipinski definition) is 3. The van der Waals surface area contributed by atoms with Crippen molar-refractivity contribution in [3.63, 3.8) is 0 Å². The van der Waals surface area contributed by atoms with E-state index in [1.807, 2.05) is 0 Å². The number of nitrogens with zero attached hydrogens (tertiary/aromatic N) is 7. The maximum absolute atomic E-state index is 17.5. The molecule has 0 spiro atoms. The molecule has 0 bridgehead atoms. The van der Waals surface area contributed by atoms with Crippen LogP contribution in [-0.4, -0.2) is 33.0 Å². The van der Waals surface area contributed by atoms with Crippen LogP contribution in [0.2, 0.25) is 0 Å². The zero-order valence-corrected chi connectivity index (χ0v) is 79.7. The number of rotatable bonds is 7. The summed E-state index contributed by atoms with van der Waals surface area (Å²) in [6, 6.07) is 68.9. The molecule has 0 amide bonds. The van der Waals surface area contributed by atoms with Gasteiger partial charge in [0.2, 0.25) is 5.82 Å². The van der Waals surface area contributed by atoms with Gasteiger partial charge < -0.3 is 27.3 Å². The van der Waals surface area contributed by atoms with Gasteiger partial charge in [-0.2, -0.15) is 0 Å². The molecule has 0 atom stereocenters. The summed E-state index contributed by atoms with van der Waals surface area (Å²) in [5, 5.41) is 19.6. The molecule has 652 valence electrons. The Morgan fingerprint density at radius 3 is 0.472 bits per heavy atom. The fourth-order valence-corrected chi connectivity index (χ4v) is 19.2. The van der Waals surface area contributed by atoms with Crippen LogP contribution in [0.4, 0.5) is 22.0 Å². The minimum atomic E-state index is -2.32. The third-order valence-electron chi connectivity index (χ3n) is 27.0. The van der Waals surface area contributed by atoms with Gasteiger partial charge in [-0.1, -0.05) is 268 Å². The lowest BCUT2D eigenvalue weighted by Crippen LogP contribution is -2.19. The fraction of sp³-hybridized carbons (Fsp3) is 0.351. The van der Waals surface area contributed by atoms with Crippen LogP contribution in [-0.2, 0) is 54.1 Å². The van der Waals surface area contributed by atoms with Crippen LogP contribution in [0.15, 0.2) is 186 Å². The minimum absolute atomic E-state index is 0.264. The zero-order valence-electron chi connectivity index (χ0n) is 79.7. The molecule has 0 saturated carbocycles. The summed E-state index contributed by atoms with van der Waals surface area (Å²) >= 11 is 0. The second-order valence-electron chi connectivity index (χ2n) is 46.5. The molecule has 18 rings (SSSR count). The van der Waals surface area contributed by atoms with Crippen LogP contribution in [0.3, 0.4) is 0 Å². The highest BCUT2D eigenvalue weighted by Gasteiger charge is 2.42. The monoisotopic (exact) mass is 1700 g/mol. The van der Waals surface area contributed by atoms with Crippen LogP contribution >= 0.6 is 0 Å². The molecule has 0 saturated heterocycles. The summed E-state index contributed by atoms with van der Waals surface area (Å²) in [6.45, 7) is 67.6. The van der Waals surface area contributed by atoms with Crippen LogP contribution in [0.1, 0.15) is 263 Å². The van der Waals surface area contributed by atoms with Gasteiger partial charge in [-0.3, -0.25) is 0 Å². The Balaban J connectivity index is 1.28. The molecule has 13 heteroatoms. The average molecular weight is 1700 g/mol. The molecular formula is C114H120F5N7O. The van der Waals surface area contributed by atoms with Gasteiger partial charge in [0.05, 0.1) is 89.2 Å². The highest BCUT2D eigenvalue weighted by atomic mass is 19.2. The van der Waals surface area contributed by atoms with Crippen LogP contribution in [0.25, 0.3) is 160 Å². The largest absolute Gasteiger partial charge is 0.416 e. The number of fused-ring (bicyclic) bond motifs is 15. The molecular weight excluding hydrogens is 1580 g/mol. The topological polar surface area (TPSA) is 63.6 Å². The molecule has 0 aliphatic heterocycles. The van der Waals surface area contributed by atoms with Gasteiger partial charge in [-0.15, -0.1) is 10.2 Å². The second-order valence-corrected chi connectivity index (χ2v) is 46.5. The van der Waals surface area contributed by atoms with E-state index in [4.69, 9.17) is 9.52 Å². The van der Waals surface area contributed by atoms with Gasteiger partial charge in [-0.25, -0.2) is 22.0 Å². The first-order valence-corrected chi connectivity index (χ1v) is 45.0. The first-order valence-electron chi connectivity index (χ1n) is 45.0. The van der Waals surface area contributed by atoms with Gasteiger partial charge in [0.15, 0.2) is 23.3 Å². The Kier molecular flexibility index (Phi) is 19.1. The SMILES string of the molecule is CC(C)(C)c1ccc2c(c1)c1cc(C(C)(C)C)ccc1n2-c1c(-c2nnc(-c3c(F)c(F)c(F)c(F)c3F)o2)c(-n2c3ccc(C(C)(C)C)cc3c3cc(C(C)(C)C)ccc32)c(-n2c3ccc(C(C)(C)C)cc3c3cc(C(C)(C)C)ccc32)c(-n2c3ccc(C(C)(C)C)cc3c3cc(C(C)(C)C)ccc32)c1-n1c2ccc(C(C)(C)C)cc2c2cc(C(C)(C)C)ccc21. The van der Waals surface area contributed by atoms with E-state index in [0.29, 0.717) is 28.4 Å². The van der Waals surface area contributed by atoms with Crippen molar-refractivity contribution in [3.8, 4) is 51.3 Å². The van der Waals surface area contributed by atoms with Crippen molar-refractivity contribution in [1.29, 1.82) is 0 Å². The van der Waals surface area contributed by atoms with E-state index < -0.39 is 40.5 Å². The highest BCUT2D eigenvalue weighted by molar-refractivity contribution is 6.20. The Bertz CT molecular complexity index is 7000. The summed E-state index contributed by atoms with van der Waals surface area (Å²) in [5.74, 6) is -12.1. The Morgan fingerprint density at radius 2 is 0.315 bits per heavy atom. The lowest BCUT2D eigenvalue weighted by atomic mass is 9.85. The number of aromatic nitrogens is 7. The van der Waals surface area contributed by atoms with Gasteiger partial charge in [0.1, 0.15) is 5.56 Å². The molecule has 0 N–H and O–H groups in total. The lowest BCUT2D eigenvalue weighted by Gasteiger charge is -2.31. The van der Waals surface area contributed by atoms with E-state index >= 15 is 22.0 Å². The van der Waals surface area contributed by atoms with Gasteiger partial charge in [-0.05, 0) is 231 Å². The van der Waals surface area contributed by atoms with Gasteiger partial charge in [0.25, 0.3) is 11.8 Å². The lowest BCUT2D eigenvalue weighted by molar-refractivity contribution is 0.378. The minimum Gasteiger partial charge on any atom is -0.416 e. The Labute approximate surface area is 743 Å². The molecule has 0 fully saturated rings. The summed E-state index contributed by atoms with van der Waals surface area (Å²) in [7, 11) is 0. The molecule has 18 aromatic rings. The maximum atomic E-state index is 17.5. The van der Waals surface area contributed by atoms with Crippen molar-refractivity contribution in [2.75, 3.05) is 0 Å². The molecule has 6 aromatic heterocycles. The van der Waals surface area contributed by atoms with Crippen LogP contribution < -0.4 is 0 Å². The molecule has 0 unspecified atom stereocenters. The maximum Gasteiger partial charge on any atom is 0.254 e. The van der Waals surface area contributed by atoms with E-state index in [9.17, 15) is 0 Å². The van der Waals surface area contributed by atoms with Gasteiger partial charge >= 0.3 is 0 Å². The first-order chi connectivity index (χ1) is 58.9. The average Bonchev–Trinajstić information content (AvgIpc) is 1.51. The zero-order chi connectivity index (χ0) is 91.6. The number of hydrogen-bond donors (Lipinski definition) is 0. The predicted molar refractivity (Wildman–Crippen MR) is 524 cm³/mol. The molecule has 12 aromatic carbocycles. The van der Waals surface area contributed by atoms with Crippen molar-refractivity contribution < 1.29 is 26.4 Å². The van der Waals surface area contributed by atoms with E-state index in [0.717, 1.165) is 165 Å². The van der Waals surface area contributed by atoms with E-state index in [1.54, 1.807) is 0 Å². The molecule has 8 nitrogen and oxygen atoms in total. The van der Waals surface area contributed by atoms with Crippen molar-refractivity contribution in [1.82, 2.24) is 33.0 Å². The van der Waals surface area contributed by atoms with E-state index in [1.165, 1.54) is 0 Å². The first kappa shape index (κ1) is 86.2. The van der Waals surface area contributed by atoms with Crippen LogP contribution in [0.5, 0.6) is 0 Å². The van der Waals surface area contributed by atoms with E-state index in [-0.39, 0.29) is 65.6 Å². The summed E-state index contributed by atoms with van der Waals surface area (Å²) in [4.78, 5) is 0. The summed E-state index contributed by atoms with van der Waals surface area (Å²) in [6.07, 6.45) is 0. The van der Waals surface area contributed by atoms with E-state index in [2.05, 4.69) is 418 Å². The normalized spacial score (nSPS) is 13.6. The third-order valence-corrected chi connectivity index (χ3v) is 27.0. The Hall–Kier alpha value is -11.6. The summed E-state index contributed by atoms with van der Waals surface area (Å²) in [5.41, 5.74) is 17.8. The highest BCUT2D eigenvalue weighted by Crippen LogP contribution is 2.57. The predicted octanol–water partition coefficient (Wildman–Crippen LogP) is 32.6. The van der Waals surface area contributed by atoms with Crippen molar-refractivity contribution in [2.45, 2.75) is 262 Å². The Morgan fingerprint density at radius 1 is 0.181 bits per heavy atom. The summed E-state index contributed by atoms with van der Waals surface area (Å²) < 4.78 is 104. The number of benzene rings is 12. The molecule has 0 aliphatic rings.